The number of rotatable bonds is 6. The van der Waals surface area contributed by atoms with E-state index in [0.29, 0.717) is 12.8 Å². The van der Waals surface area contributed by atoms with Gasteiger partial charge in [0.25, 0.3) is 0 Å². The highest BCUT2D eigenvalue weighted by molar-refractivity contribution is 5.74. The monoisotopic (exact) mass is 216 g/mol. The van der Waals surface area contributed by atoms with Gasteiger partial charge in [0.2, 0.25) is 5.91 Å². The maximum absolute atomic E-state index is 11.0. The summed E-state index contributed by atoms with van der Waals surface area (Å²) in [6, 6.07) is 12.0. The highest BCUT2D eigenvalue weighted by Crippen LogP contribution is 2.24. The smallest absolute Gasteiger partial charge is 0.218 e. The van der Waals surface area contributed by atoms with Gasteiger partial charge in [0.05, 0.1) is 6.07 Å². The van der Waals surface area contributed by atoms with Crippen LogP contribution < -0.4 is 5.73 Å². The molecule has 1 rings (SSSR count). The van der Waals surface area contributed by atoms with E-state index < -0.39 is 0 Å². The van der Waals surface area contributed by atoms with E-state index >= 15 is 0 Å². The van der Waals surface area contributed by atoms with Crippen LogP contribution in [-0.2, 0) is 4.79 Å². The van der Waals surface area contributed by atoms with E-state index in [-0.39, 0.29) is 11.8 Å². The third-order valence-corrected chi connectivity index (χ3v) is 2.56. The minimum Gasteiger partial charge on any atom is -0.370 e. The molecule has 0 aromatic heterocycles. The van der Waals surface area contributed by atoms with E-state index in [0.717, 1.165) is 18.4 Å². The van der Waals surface area contributed by atoms with Gasteiger partial charge in [0.15, 0.2) is 0 Å². The summed E-state index contributed by atoms with van der Waals surface area (Å²) in [7, 11) is 0. The lowest BCUT2D eigenvalue weighted by atomic mass is 9.90. The second-order valence-electron chi connectivity index (χ2n) is 3.83. The molecular weight excluding hydrogens is 200 g/mol. The van der Waals surface area contributed by atoms with Crippen molar-refractivity contribution >= 4 is 5.91 Å². The van der Waals surface area contributed by atoms with Gasteiger partial charge in [-0.2, -0.15) is 5.26 Å². The van der Waals surface area contributed by atoms with Crippen LogP contribution in [0.15, 0.2) is 30.3 Å². The first-order valence-electron chi connectivity index (χ1n) is 5.44. The first-order chi connectivity index (χ1) is 7.74. The molecule has 0 aliphatic heterocycles. The summed E-state index contributed by atoms with van der Waals surface area (Å²) >= 11 is 0. The van der Waals surface area contributed by atoms with E-state index in [4.69, 9.17) is 11.0 Å². The fraction of sp³-hybridized carbons (Fsp3) is 0.385. The molecule has 0 spiro atoms. The van der Waals surface area contributed by atoms with Crippen LogP contribution in [0.25, 0.3) is 0 Å². The number of amides is 1. The Morgan fingerprint density at radius 2 is 2.06 bits per heavy atom. The average Bonchev–Trinajstić information content (AvgIpc) is 2.29. The molecule has 1 aromatic carbocycles. The number of primary amides is 1. The van der Waals surface area contributed by atoms with E-state index in [1.165, 1.54) is 0 Å². The third-order valence-electron chi connectivity index (χ3n) is 2.56. The Balaban J connectivity index is 2.64. The molecule has 3 nitrogen and oxygen atoms in total. The van der Waals surface area contributed by atoms with Crippen LogP contribution in [0.1, 0.15) is 37.2 Å². The number of unbranched alkanes of at least 4 members (excludes halogenated alkanes) is 1. The Labute approximate surface area is 95.9 Å². The molecule has 1 aromatic rings. The second kappa shape index (κ2) is 6.62. The number of hydrogen-bond acceptors (Lipinski definition) is 2. The van der Waals surface area contributed by atoms with Crippen LogP contribution in [0.5, 0.6) is 0 Å². The highest BCUT2D eigenvalue weighted by atomic mass is 16.1. The molecule has 1 unspecified atom stereocenters. The van der Waals surface area contributed by atoms with Crippen molar-refractivity contribution in [3.05, 3.63) is 35.9 Å². The lowest BCUT2D eigenvalue weighted by Crippen LogP contribution is -2.15. The Morgan fingerprint density at radius 3 is 2.62 bits per heavy atom. The molecule has 0 saturated carbocycles. The number of nitrogens with two attached hydrogens (primary N) is 1. The maximum atomic E-state index is 11.0. The summed E-state index contributed by atoms with van der Waals surface area (Å²) in [5.41, 5.74) is 6.36. The number of nitrogens with zero attached hydrogens (tertiary/aromatic N) is 1. The Morgan fingerprint density at radius 1 is 1.38 bits per heavy atom. The maximum Gasteiger partial charge on any atom is 0.218 e. The van der Waals surface area contributed by atoms with Crippen LogP contribution in [0.2, 0.25) is 0 Å². The normalized spacial score (nSPS) is 11.7. The van der Waals surface area contributed by atoms with E-state index in [1.54, 1.807) is 0 Å². The molecule has 0 heterocycles. The van der Waals surface area contributed by atoms with Gasteiger partial charge >= 0.3 is 0 Å². The first-order valence-corrected chi connectivity index (χ1v) is 5.44. The minimum atomic E-state index is -0.286. The standard InChI is InChI=1S/C13H16N2O/c14-9-5-4-8-12(10-13(15)16)11-6-2-1-3-7-11/h1-3,6-7,12H,4-5,8,10H2,(H2,15,16). The van der Waals surface area contributed by atoms with Crippen molar-refractivity contribution in [1.82, 2.24) is 0 Å². The number of carbonyl (C=O) groups excluding carboxylic acids is 1. The molecule has 1 atom stereocenters. The number of benzene rings is 1. The summed E-state index contributed by atoms with van der Waals surface area (Å²) in [6.45, 7) is 0. The van der Waals surface area contributed by atoms with Crippen molar-refractivity contribution < 1.29 is 4.79 Å². The molecule has 0 fully saturated rings. The lowest BCUT2D eigenvalue weighted by molar-refractivity contribution is -0.118. The van der Waals surface area contributed by atoms with Gasteiger partial charge < -0.3 is 5.73 Å². The molecule has 0 bridgehead atoms. The predicted molar refractivity (Wildman–Crippen MR) is 62.5 cm³/mol. The largest absolute Gasteiger partial charge is 0.370 e. The van der Waals surface area contributed by atoms with Crippen LogP contribution in [0.3, 0.4) is 0 Å². The van der Waals surface area contributed by atoms with E-state index in [2.05, 4.69) is 6.07 Å². The van der Waals surface area contributed by atoms with Crippen molar-refractivity contribution in [3.63, 3.8) is 0 Å². The molecule has 16 heavy (non-hydrogen) atoms. The summed E-state index contributed by atoms with van der Waals surface area (Å²) in [6.07, 6.45) is 2.53. The second-order valence-corrected chi connectivity index (χ2v) is 3.83. The molecule has 3 heteroatoms. The Hall–Kier alpha value is -1.82. The molecule has 0 saturated heterocycles. The van der Waals surface area contributed by atoms with Gasteiger partial charge in [-0.1, -0.05) is 30.3 Å². The lowest BCUT2D eigenvalue weighted by Gasteiger charge is -2.14. The summed E-state index contributed by atoms with van der Waals surface area (Å²) in [4.78, 5) is 11.0. The zero-order chi connectivity index (χ0) is 11.8. The molecule has 0 aliphatic rings. The molecule has 0 radical (unpaired) electrons. The number of hydrogen-bond donors (Lipinski definition) is 1. The van der Waals surface area contributed by atoms with Crippen molar-refractivity contribution in [2.24, 2.45) is 5.73 Å². The highest BCUT2D eigenvalue weighted by Gasteiger charge is 2.13. The predicted octanol–water partition coefficient (Wildman–Crippen LogP) is 2.34. The van der Waals surface area contributed by atoms with Crippen LogP contribution in [0.4, 0.5) is 0 Å². The molecule has 1 amide bonds. The topological polar surface area (TPSA) is 66.9 Å². The van der Waals surface area contributed by atoms with E-state index in [9.17, 15) is 4.79 Å². The molecular formula is C13H16N2O. The van der Waals surface area contributed by atoms with Crippen LogP contribution in [-0.4, -0.2) is 5.91 Å². The Bertz CT molecular complexity index is 367. The zero-order valence-electron chi connectivity index (χ0n) is 9.23. The average molecular weight is 216 g/mol. The fourth-order valence-corrected chi connectivity index (χ4v) is 1.78. The summed E-state index contributed by atoms with van der Waals surface area (Å²) < 4.78 is 0. The van der Waals surface area contributed by atoms with Gasteiger partial charge in [0.1, 0.15) is 0 Å². The minimum absolute atomic E-state index is 0.145. The van der Waals surface area contributed by atoms with Crippen LogP contribution in [0, 0.1) is 11.3 Å². The van der Waals surface area contributed by atoms with Gasteiger partial charge in [-0.3, -0.25) is 4.79 Å². The number of nitriles is 1. The van der Waals surface area contributed by atoms with Gasteiger partial charge in [-0.25, -0.2) is 0 Å². The van der Waals surface area contributed by atoms with Crippen molar-refractivity contribution in [3.8, 4) is 6.07 Å². The van der Waals surface area contributed by atoms with Crippen molar-refractivity contribution in [2.45, 2.75) is 31.6 Å². The third kappa shape index (κ3) is 4.14. The van der Waals surface area contributed by atoms with Crippen molar-refractivity contribution in [2.75, 3.05) is 0 Å². The molecule has 84 valence electrons. The number of carbonyl (C=O) groups is 1. The van der Waals surface area contributed by atoms with Gasteiger partial charge in [0, 0.05) is 12.8 Å². The van der Waals surface area contributed by atoms with E-state index in [1.807, 2.05) is 30.3 Å². The van der Waals surface area contributed by atoms with Gasteiger partial charge in [-0.05, 0) is 24.3 Å². The molecule has 2 N–H and O–H groups in total. The SMILES string of the molecule is N#CCCCC(CC(N)=O)c1ccccc1. The summed E-state index contributed by atoms with van der Waals surface area (Å²) in [5, 5.41) is 8.49. The van der Waals surface area contributed by atoms with Crippen LogP contribution >= 0.6 is 0 Å². The molecule has 0 aliphatic carbocycles. The summed E-state index contributed by atoms with van der Waals surface area (Å²) in [5.74, 6) is -0.141. The van der Waals surface area contributed by atoms with Gasteiger partial charge in [-0.15, -0.1) is 0 Å². The Kier molecular flexibility index (Phi) is 5.07. The fourth-order valence-electron chi connectivity index (χ4n) is 1.78. The van der Waals surface area contributed by atoms with Crippen molar-refractivity contribution in [1.29, 1.82) is 5.26 Å². The quantitative estimate of drug-likeness (QED) is 0.741. The first kappa shape index (κ1) is 12.3. The zero-order valence-corrected chi connectivity index (χ0v) is 9.23.